The summed E-state index contributed by atoms with van der Waals surface area (Å²) in [6, 6.07) is 13.8. The lowest BCUT2D eigenvalue weighted by molar-refractivity contribution is -0.137. The minimum Gasteiger partial charge on any atom is -0.497 e. The van der Waals surface area contributed by atoms with Crippen molar-refractivity contribution in [3.63, 3.8) is 0 Å². The molecule has 212 valence electrons. The number of aromatic nitrogens is 1. The van der Waals surface area contributed by atoms with E-state index in [-0.39, 0.29) is 5.56 Å². The van der Waals surface area contributed by atoms with Gasteiger partial charge in [0.2, 0.25) is 0 Å². The van der Waals surface area contributed by atoms with Gasteiger partial charge in [-0.05, 0) is 74.3 Å². The quantitative estimate of drug-likeness (QED) is 0.304. The van der Waals surface area contributed by atoms with Crippen LogP contribution in [0, 0.1) is 0 Å². The van der Waals surface area contributed by atoms with Crippen molar-refractivity contribution in [2.75, 3.05) is 46.6 Å². The molecule has 1 N–H and O–H groups in total. The summed E-state index contributed by atoms with van der Waals surface area (Å²) in [6.45, 7) is 7.33. The van der Waals surface area contributed by atoms with E-state index in [1.165, 1.54) is 11.6 Å². The Morgan fingerprint density at radius 2 is 1.85 bits per heavy atom. The molecular weight excluding hydrogens is 510 g/mol. The second-order valence-corrected chi connectivity index (χ2v) is 10.0. The van der Waals surface area contributed by atoms with E-state index < -0.39 is 5.97 Å². The van der Waals surface area contributed by atoms with Gasteiger partial charge in [0.25, 0.3) is 5.56 Å². The predicted octanol–water partition coefficient (Wildman–Crippen LogP) is 3.61. The van der Waals surface area contributed by atoms with Crippen molar-refractivity contribution in [2.45, 2.75) is 38.9 Å². The smallest absolute Gasteiger partial charge is 0.330 e. The Morgan fingerprint density at radius 3 is 2.62 bits per heavy atom. The Morgan fingerprint density at radius 1 is 1.05 bits per heavy atom. The lowest BCUT2D eigenvalue weighted by Crippen LogP contribution is -2.43. The van der Waals surface area contributed by atoms with Crippen LogP contribution < -0.4 is 25.1 Å². The van der Waals surface area contributed by atoms with Crippen molar-refractivity contribution in [1.29, 1.82) is 0 Å². The molecule has 9 heteroatoms. The van der Waals surface area contributed by atoms with E-state index in [1.54, 1.807) is 30.7 Å². The van der Waals surface area contributed by atoms with Gasteiger partial charge in [0, 0.05) is 49.3 Å². The monoisotopic (exact) mass is 547 g/mol. The fourth-order valence-corrected chi connectivity index (χ4v) is 5.29. The van der Waals surface area contributed by atoms with Crippen LogP contribution in [0.1, 0.15) is 30.9 Å². The number of ether oxygens (including phenoxy) is 4. The zero-order valence-electron chi connectivity index (χ0n) is 23.2. The summed E-state index contributed by atoms with van der Waals surface area (Å²) in [7, 11) is 1.61. The number of methoxy groups -OCH3 is 1. The van der Waals surface area contributed by atoms with Crippen molar-refractivity contribution in [1.82, 2.24) is 14.8 Å². The number of nitrogens with zero attached hydrogens (tertiary/aromatic N) is 2. The van der Waals surface area contributed by atoms with Crippen LogP contribution in [-0.2, 0) is 22.6 Å². The van der Waals surface area contributed by atoms with Crippen LogP contribution in [-0.4, -0.2) is 68.0 Å². The summed E-state index contributed by atoms with van der Waals surface area (Å²) < 4.78 is 23.5. The summed E-state index contributed by atoms with van der Waals surface area (Å²) >= 11 is 0. The number of carbonyl (C=O) groups excluding carboxylic acids is 1. The number of carbonyl (C=O) groups is 1. The Labute approximate surface area is 234 Å². The number of fused-ring (bicyclic) bond motifs is 2. The van der Waals surface area contributed by atoms with Crippen LogP contribution in [0.2, 0.25) is 0 Å². The van der Waals surface area contributed by atoms with Gasteiger partial charge in [-0.1, -0.05) is 6.07 Å². The van der Waals surface area contributed by atoms with Gasteiger partial charge in [-0.2, -0.15) is 0 Å². The first-order valence-corrected chi connectivity index (χ1v) is 13.9. The molecule has 0 radical (unpaired) electrons. The van der Waals surface area contributed by atoms with E-state index in [1.807, 2.05) is 24.3 Å². The molecule has 9 nitrogen and oxygen atoms in total. The molecule has 2 aliphatic heterocycles. The number of nitrogens with one attached hydrogen (secondary N) is 1. The number of pyridine rings is 1. The molecule has 3 aromatic rings. The lowest BCUT2D eigenvalue weighted by Gasteiger charge is -2.32. The molecule has 2 aliphatic rings. The van der Waals surface area contributed by atoms with Crippen molar-refractivity contribution in [2.24, 2.45) is 0 Å². The lowest BCUT2D eigenvalue weighted by atomic mass is 10.0. The fraction of sp³-hybridized carbons (Fsp3) is 0.419. The van der Waals surface area contributed by atoms with Crippen molar-refractivity contribution in [3.05, 3.63) is 70.0 Å². The molecule has 3 heterocycles. The van der Waals surface area contributed by atoms with Crippen LogP contribution in [0.4, 0.5) is 0 Å². The number of piperidine rings is 1. The first-order valence-electron chi connectivity index (χ1n) is 13.9. The van der Waals surface area contributed by atoms with Crippen molar-refractivity contribution in [3.8, 4) is 17.2 Å². The maximum absolute atomic E-state index is 13.2. The van der Waals surface area contributed by atoms with Gasteiger partial charge in [-0.25, -0.2) is 4.79 Å². The third kappa shape index (κ3) is 6.66. The molecule has 0 aliphatic carbocycles. The average molecular weight is 548 g/mol. The van der Waals surface area contributed by atoms with Gasteiger partial charge in [0.15, 0.2) is 11.5 Å². The Bertz CT molecular complexity index is 1420. The Kier molecular flexibility index (Phi) is 9.03. The first kappa shape index (κ1) is 27.7. The molecule has 40 heavy (non-hydrogen) atoms. The molecule has 0 saturated carbocycles. The highest BCUT2D eigenvalue weighted by Gasteiger charge is 2.20. The molecule has 0 bridgehead atoms. The molecule has 0 amide bonds. The second-order valence-electron chi connectivity index (χ2n) is 10.0. The molecule has 0 atom stereocenters. The third-order valence-electron chi connectivity index (χ3n) is 7.47. The van der Waals surface area contributed by atoms with Crippen LogP contribution in [0.15, 0.2) is 53.3 Å². The van der Waals surface area contributed by atoms with Gasteiger partial charge >= 0.3 is 5.97 Å². The maximum atomic E-state index is 13.2. The van der Waals surface area contributed by atoms with Gasteiger partial charge in [-0.3, -0.25) is 4.79 Å². The second kappa shape index (κ2) is 13.0. The number of likely N-dealkylation sites (tertiary alicyclic amines) is 1. The van der Waals surface area contributed by atoms with E-state index in [0.717, 1.165) is 61.4 Å². The molecule has 1 fully saturated rings. The molecule has 1 aromatic heterocycles. The standard InChI is InChI=1S/C31H37N3O6/c1-3-38-31(36)9-5-23-19-30(35)34(27-20-25(37-2)6-7-26(23)27)15-14-33-12-10-24(11-13-33)32-21-22-4-8-28-29(18-22)40-17-16-39-28/h4-9,18-20,24,32H,3,10-17,21H2,1-2H3/b9-5-. The highest BCUT2D eigenvalue weighted by molar-refractivity contribution is 5.94. The average Bonchev–Trinajstić information content (AvgIpc) is 2.98. The van der Waals surface area contributed by atoms with E-state index in [2.05, 4.69) is 22.3 Å². The van der Waals surface area contributed by atoms with Crippen LogP contribution in [0.25, 0.3) is 17.0 Å². The number of hydrogen-bond acceptors (Lipinski definition) is 8. The molecule has 0 unspecified atom stereocenters. The zero-order valence-corrected chi connectivity index (χ0v) is 23.2. The minimum absolute atomic E-state index is 0.111. The van der Waals surface area contributed by atoms with Gasteiger partial charge in [0.1, 0.15) is 19.0 Å². The Hall–Kier alpha value is -3.82. The summed E-state index contributed by atoms with van der Waals surface area (Å²) in [5, 5.41) is 4.57. The van der Waals surface area contributed by atoms with Crippen LogP contribution in [0.5, 0.6) is 17.2 Å². The predicted molar refractivity (Wildman–Crippen MR) is 154 cm³/mol. The van der Waals surface area contributed by atoms with Crippen LogP contribution >= 0.6 is 0 Å². The number of hydrogen-bond donors (Lipinski definition) is 1. The Balaban J connectivity index is 1.20. The topological polar surface area (TPSA) is 91.3 Å². The summed E-state index contributed by atoms with van der Waals surface area (Å²) in [5.41, 5.74) is 2.54. The molecule has 5 rings (SSSR count). The van der Waals surface area contributed by atoms with Gasteiger partial charge < -0.3 is 33.7 Å². The van der Waals surface area contributed by atoms with Crippen molar-refractivity contribution >= 4 is 22.9 Å². The number of esters is 1. The maximum Gasteiger partial charge on any atom is 0.330 e. The number of benzene rings is 2. The fourth-order valence-electron chi connectivity index (χ4n) is 5.29. The third-order valence-corrected chi connectivity index (χ3v) is 7.47. The van der Waals surface area contributed by atoms with Crippen LogP contribution in [0.3, 0.4) is 0 Å². The number of rotatable bonds is 10. The summed E-state index contributed by atoms with van der Waals surface area (Å²) in [5.74, 6) is 1.88. The molecule has 2 aromatic carbocycles. The molecule has 0 spiro atoms. The SMILES string of the molecule is CCOC(=O)/C=C\c1cc(=O)n(CCN2CCC(NCc3ccc4c(c3)OCCO4)CC2)c2cc(OC)ccc12. The largest absolute Gasteiger partial charge is 0.497 e. The van der Waals surface area contributed by atoms with E-state index in [0.29, 0.717) is 43.7 Å². The first-order chi connectivity index (χ1) is 19.5. The summed E-state index contributed by atoms with van der Waals surface area (Å²) in [6.07, 6.45) is 5.09. The van der Waals surface area contributed by atoms with E-state index >= 15 is 0 Å². The van der Waals surface area contributed by atoms with E-state index in [9.17, 15) is 9.59 Å². The van der Waals surface area contributed by atoms with Crippen molar-refractivity contribution < 1.29 is 23.7 Å². The molecule has 1 saturated heterocycles. The zero-order chi connectivity index (χ0) is 27.9. The molecular formula is C31H37N3O6. The highest BCUT2D eigenvalue weighted by atomic mass is 16.6. The minimum atomic E-state index is -0.433. The van der Waals surface area contributed by atoms with Gasteiger partial charge in [-0.15, -0.1) is 0 Å². The highest BCUT2D eigenvalue weighted by Crippen LogP contribution is 2.31. The van der Waals surface area contributed by atoms with E-state index in [4.69, 9.17) is 18.9 Å². The van der Waals surface area contributed by atoms with Gasteiger partial charge in [0.05, 0.1) is 19.2 Å². The normalized spacial score (nSPS) is 15.9. The summed E-state index contributed by atoms with van der Waals surface area (Å²) in [4.78, 5) is 27.4.